The average molecular weight is 310 g/mol. The number of carbonyl (C=O) groups is 2. The van der Waals surface area contributed by atoms with Crippen molar-refractivity contribution >= 4 is 28.8 Å². The van der Waals surface area contributed by atoms with Gasteiger partial charge in [-0.3, -0.25) is 9.69 Å². The van der Waals surface area contributed by atoms with Crippen LogP contribution in [0.25, 0.3) is 16.8 Å². The topological polar surface area (TPSA) is 58.6 Å². The number of hydrogen-bond acceptors (Lipinski definition) is 3. The van der Waals surface area contributed by atoms with E-state index in [1.165, 1.54) is 4.90 Å². The van der Waals surface area contributed by atoms with Gasteiger partial charge in [0, 0.05) is 12.1 Å². The van der Waals surface area contributed by atoms with Crippen LogP contribution in [-0.2, 0) is 4.79 Å². The first-order valence-electron chi connectivity index (χ1n) is 7.64. The van der Waals surface area contributed by atoms with Crippen LogP contribution >= 0.6 is 0 Å². The molecule has 118 valence electrons. The number of nitrogens with one attached hydrogen (secondary N) is 1. The Labute approximate surface area is 134 Å². The highest BCUT2D eigenvalue weighted by Crippen LogP contribution is 2.30. The molecule has 23 heavy (non-hydrogen) atoms. The molecule has 5 nitrogen and oxygen atoms in total. The Kier molecular flexibility index (Phi) is 4.02. The summed E-state index contributed by atoms with van der Waals surface area (Å²) in [5.74, 6) is 0.378. The standard InChI is InChI=1S/C18H18N2O3/c1-3-20-17(21)15(19-18(20)22)11-14-13-8-6-5-7-12(13)9-10-16(14)23-4-2/h5-11H,3-4H2,1-2H3,(H,19,22)/b15-11+. The summed E-state index contributed by atoms with van der Waals surface area (Å²) >= 11 is 0. The molecule has 0 atom stereocenters. The summed E-state index contributed by atoms with van der Waals surface area (Å²) in [7, 11) is 0. The smallest absolute Gasteiger partial charge is 0.328 e. The first-order chi connectivity index (χ1) is 11.2. The zero-order chi connectivity index (χ0) is 16.4. The molecular weight excluding hydrogens is 292 g/mol. The Balaban J connectivity index is 2.15. The SMILES string of the molecule is CCOc1ccc2ccccc2c1/C=C1/NC(=O)N(CC)C1=O. The normalized spacial score (nSPS) is 16.3. The van der Waals surface area contributed by atoms with Crippen molar-refractivity contribution in [3.8, 4) is 5.75 Å². The van der Waals surface area contributed by atoms with Gasteiger partial charge in [0.2, 0.25) is 0 Å². The number of urea groups is 1. The molecule has 1 aliphatic heterocycles. The van der Waals surface area contributed by atoms with E-state index in [1.54, 1.807) is 13.0 Å². The maximum atomic E-state index is 12.3. The Morgan fingerprint density at radius 3 is 2.61 bits per heavy atom. The molecule has 5 heteroatoms. The van der Waals surface area contributed by atoms with E-state index >= 15 is 0 Å². The third-order valence-electron chi connectivity index (χ3n) is 3.80. The summed E-state index contributed by atoms with van der Waals surface area (Å²) in [6, 6.07) is 11.4. The number of fused-ring (bicyclic) bond motifs is 1. The number of hydrogen-bond donors (Lipinski definition) is 1. The Morgan fingerprint density at radius 1 is 1.13 bits per heavy atom. The minimum absolute atomic E-state index is 0.272. The van der Waals surface area contributed by atoms with E-state index in [-0.39, 0.29) is 17.6 Å². The Morgan fingerprint density at radius 2 is 1.91 bits per heavy atom. The number of rotatable bonds is 4. The van der Waals surface area contributed by atoms with Gasteiger partial charge in [-0.25, -0.2) is 4.79 Å². The number of carbonyl (C=O) groups excluding carboxylic acids is 2. The van der Waals surface area contributed by atoms with Crippen LogP contribution < -0.4 is 10.1 Å². The van der Waals surface area contributed by atoms with Crippen LogP contribution in [0.2, 0.25) is 0 Å². The van der Waals surface area contributed by atoms with Crippen molar-refractivity contribution in [1.29, 1.82) is 0 Å². The van der Waals surface area contributed by atoms with Gasteiger partial charge < -0.3 is 10.1 Å². The number of imide groups is 1. The molecule has 0 radical (unpaired) electrons. The molecular formula is C18H18N2O3. The van der Waals surface area contributed by atoms with Gasteiger partial charge in [-0.15, -0.1) is 0 Å². The second-order valence-corrected chi connectivity index (χ2v) is 5.17. The summed E-state index contributed by atoms with van der Waals surface area (Å²) in [6.45, 7) is 4.54. The number of amides is 3. The number of ether oxygens (including phenoxy) is 1. The fraction of sp³-hybridized carbons (Fsp3) is 0.222. The van der Waals surface area contributed by atoms with E-state index in [0.29, 0.717) is 18.9 Å². The van der Waals surface area contributed by atoms with Crippen LogP contribution in [0.15, 0.2) is 42.1 Å². The van der Waals surface area contributed by atoms with Crippen LogP contribution in [0.1, 0.15) is 19.4 Å². The van der Waals surface area contributed by atoms with Crippen molar-refractivity contribution in [1.82, 2.24) is 10.2 Å². The summed E-state index contributed by atoms with van der Waals surface area (Å²) in [6.07, 6.45) is 1.70. The van der Waals surface area contributed by atoms with Crippen LogP contribution in [0, 0.1) is 0 Å². The molecule has 0 aliphatic carbocycles. The zero-order valence-electron chi connectivity index (χ0n) is 13.1. The van der Waals surface area contributed by atoms with Crippen molar-refractivity contribution in [3.05, 3.63) is 47.7 Å². The lowest BCUT2D eigenvalue weighted by Crippen LogP contribution is -2.30. The highest BCUT2D eigenvalue weighted by molar-refractivity contribution is 6.14. The van der Waals surface area contributed by atoms with Gasteiger partial charge in [0.1, 0.15) is 11.4 Å². The molecule has 1 saturated heterocycles. The zero-order valence-corrected chi connectivity index (χ0v) is 13.1. The summed E-state index contributed by atoms with van der Waals surface area (Å²) in [5.41, 5.74) is 1.07. The van der Waals surface area contributed by atoms with Crippen molar-refractivity contribution in [3.63, 3.8) is 0 Å². The molecule has 1 aliphatic rings. The summed E-state index contributed by atoms with van der Waals surface area (Å²) in [5, 5.41) is 4.65. The lowest BCUT2D eigenvalue weighted by Gasteiger charge is -2.11. The summed E-state index contributed by atoms with van der Waals surface area (Å²) < 4.78 is 5.69. The van der Waals surface area contributed by atoms with Crippen LogP contribution in [0.4, 0.5) is 4.79 Å². The first-order valence-corrected chi connectivity index (χ1v) is 7.64. The maximum Gasteiger partial charge on any atom is 0.328 e. The molecule has 0 saturated carbocycles. The fourth-order valence-electron chi connectivity index (χ4n) is 2.71. The van der Waals surface area contributed by atoms with E-state index in [4.69, 9.17) is 4.74 Å². The largest absolute Gasteiger partial charge is 0.493 e. The number of likely N-dealkylation sites (N-methyl/N-ethyl adjacent to an activating group) is 1. The molecule has 0 spiro atoms. The van der Waals surface area contributed by atoms with Gasteiger partial charge in [0.05, 0.1) is 6.61 Å². The molecule has 1 N–H and O–H groups in total. The monoisotopic (exact) mass is 310 g/mol. The molecule has 0 bridgehead atoms. The molecule has 2 aromatic carbocycles. The second kappa shape index (κ2) is 6.12. The van der Waals surface area contributed by atoms with E-state index in [1.807, 2.05) is 43.3 Å². The van der Waals surface area contributed by atoms with Crippen LogP contribution in [0.3, 0.4) is 0 Å². The Bertz CT molecular complexity index is 811. The lowest BCUT2D eigenvalue weighted by molar-refractivity contribution is -0.122. The molecule has 0 unspecified atom stereocenters. The van der Waals surface area contributed by atoms with Crippen molar-refractivity contribution in [2.75, 3.05) is 13.2 Å². The number of nitrogens with zero attached hydrogens (tertiary/aromatic N) is 1. The van der Waals surface area contributed by atoms with Gasteiger partial charge in [-0.1, -0.05) is 30.3 Å². The fourth-order valence-corrected chi connectivity index (χ4v) is 2.71. The Hall–Kier alpha value is -2.82. The van der Waals surface area contributed by atoms with Gasteiger partial charge >= 0.3 is 6.03 Å². The van der Waals surface area contributed by atoms with E-state index in [9.17, 15) is 9.59 Å². The van der Waals surface area contributed by atoms with Gasteiger partial charge in [-0.2, -0.15) is 0 Å². The van der Waals surface area contributed by atoms with E-state index < -0.39 is 0 Å². The molecule has 3 amide bonds. The van der Waals surface area contributed by atoms with Crippen molar-refractivity contribution in [2.24, 2.45) is 0 Å². The molecule has 3 rings (SSSR count). The highest BCUT2D eigenvalue weighted by Gasteiger charge is 2.32. The van der Waals surface area contributed by atoms with Crippen molar-refractivity contribution < 1.29 is 14.3 Å². The predicted molar refractivity (Wildman–Crippen MR) is 89.0 cm³/mol. The minimum Gasteiger partial charge on any atom is -0.493 e. The van der Waals surface area contributed by atoms with Crippen LogP contribution in [0.5, 0.6) is 5.75 Å². The molecule has 2 aromatic rings. The lowest BCUT2D eigenvalue weighted by atomic mass is 10.0. The predicted octanol–water partition coefficient (Wildman–Crippen LogP) is 3.15. The molecule has 1 heterocycles. The van der Waals surface area contributed by atoms with Gasteiger partial charge in [0.15, 0.2) is 0 Å². The van der Waals surface area contributed by atoms with Crippen molar-refractivity contribution in [2.45, 2.75) is 13.8 Å². The quantitative estimate of drug-likeness (QED) is 0.697. The third-order valence-corrected chi connectivity index (χ3v) is 3.80. The van der Waals surface area contributed by atoms with E-state index in [2.05, 4.69) is 5.32 Å². The summed E-state index contributed by atoms with van der Waals surface area (Å²) in [4.78, 5) is 25.3. The first kappa shape index (κ1) is 15.1. The number of benzene rings is 2. The van der Waals surface area contributed by atoms with Gasteiger partial charge in [-0.05, 0) is 36.8 Å². The second-order valence-electron chi connectivity index (χ2n) is 5.17. The average Bonchev–Trinajstić information content (AvgIpc) is 2.83. The molecule has 0 aromatic heterocycles. The maximum absolute atomic E-state index is 12.3. The van der Waals surface area contributed by atoms with E-state index in [0.717, 1.165) is 16.3 Å². The highest BCUT2D eigenvalue weighted by atomic mass is 16.5. The van der Waals surface area contributed by atoms with Gasteiger partial charge in [0.25, 0.3) is 5.91 Å². The minimum atomic E-state index is -0.387. The molecule has 1 fully saturated rings. The van der Waals surface area contributed by atoms with Crippen LogP contribution in [-0.4, -0.2) is 30.0 Å². The third kappa shape index (κ3) is 2.65.